The number of ether oxygens (including phenoxy) is 1. The van der Waals surface area contributed by atoms with Crippen LogP contribution in [-0.4, -0.2) is 35.5 Å². The molecular weight excluding hydrogens is 370 g/mol. The molecule has 29 heavy (non-hydrogen) atoms. The summed E-state index contributed by atoms with van der Waals surface area (Å²) >= 11 is 0. The number of hydrogen-bond acceptors (Lipinski definition) is 5. The number of H-pyrrole nitrogens is 1. The zero-order valence-corrected chi connectivity index (χ0v) is 16.2. The molecule has 0 unspecified atom stereocenters. The number of hydrogen-bond donors (Lipinski definition) is 2. The standard InChI is InChI=1S/C22H23N3O4/c1-29-22(28)16-11-9-15(10-12-16)13-14-23-20(26)8-4-7-19-24-18-6-3-2-5-17(18)21(27)25-19/h2-3,5-6,9-12H,4,7-8,13-14H2,1H3,(H,23,26)(H,24,25,27). The molecule has 1 aromatic heterocycles. The van der Waals surface area contributed by atoms with Crippen LogP contribution < -0.4 is 10.9 Å². The van der Waals surface area contributed by atoms with Crippen molar-refractivity contribution in [1.29, 1.82) is 0 Å². The average Bonchev–Trinajstić information content (AvgIpc) is 2.74. The Kier molecular flexibility index (Phi) is 6.73. The first-order valence-electron chi connectivity index (χ1n) is 9.48. The third kappa shape index (κ3) is 5.51. The summed E-state index contributed by atoms with van der Waals surface area (Å²) < 4.78 is 4.67. The van der Waals surface area contributed by atoms with Crippen LogP contribution in [0.2, 0.25) is 0 Å². The fourth-order valence-corrected chi connectivity index (χ4v) is 3.03. The highest BCUT2D eigenvalue weighted by molar-refractivity contribution is 5.89. The molecule has 2 aromatic carbocycles. The summed E-state index contributed by atoms with van der Waals surface area (Å²) in [6, 6.07) is 14.3. The second-order valence-electron chi connectivity index (χ2n) is 6.67. The van der Waals surface area contributed by atoms with Crippen molar-refractivity contribution in [3.8, 4) is 0 Å². The van der Waals surface area contributed by atoms with Gasteiger partial charge in [0.05, 0.1) is 23.6 Å². The monoisotopic (exact) mass is 393 g/mol. The summed E-state index contributed by atoms with van der Waals surface area (Å²) in [6.07, 6.45) is 2.16. The van der Waals surface area contributed by atoms with E-state index in [1.54, 1.807) is 30.3 Å². The molecule has 1 amide bonds. The van der Waals surface area contributed by atoms with Gasteiger partial charge in [-0.15, -0.1) is 0 Å². The van der Waals surface area contributed by atoms with Gasteiger partial charge in [-0.3, -0.25) is 9.59 Å². The van der Waals surface area contributed by atoms with Gasteiger partial charge in [0.15, 0.2) is 0 Å². The van der Waals surface area contributed by atoms with Crippen LogP contribution in [-0.2, 0) is 22.4 Å². The molecule has 1 heterocycles. The summed E-state index contributed by atoms with van der Waals surface area (Å²) in [7, 11) is 1.35. The van der Waals surface area contributed by atoms with E-state index in [-0.39, 0.29) is 17.4 Å². The number of methoxy groups -OCH3 is 1. The van der Waals surface area contributed by atoms with Crippen molar-refractivity contribution in [3.05, 3.63) is 75.8 Å². The lowest BCUT2D eigenvalue weighted by atomic mass is 10.1. The van der Waals surface area contributed by atoms with Gasteiger partial charge in [0.25, 0.3) is 5.56 Å². The highest BCUT2D eigenvalue weighted by Crippen LogP contribution is 2.08. The maximum Gasteiger partial charge on any atom is 0.337 e. The predicted octanol–water partition coefficient (Wildman–Crippen LogP) is 2.39. The third-order valence-corrected chi connectivity index (χ3v) is 4.59. The molecule has 3 rings (SSSR count). The number of aromatic nitrogens is 2. The van der Waals surface area contributed by atoms with E-state index in [1.807, 2.05) is 18.2 Å². The van der Waals surface area contributed by atoms with E-state index < -0.39 is 0 Å². The molecule has 0 radical (unpaired) electrons. The fourth-order valence-electron chi connectivity index (χ4n) is 3.03. The minimum Gasteiger partial charge on any atom is -0.465 e. The Hall–Kier alpha value is -3.48. The summed E-state index contributed by atoms with van der Waals surface area (Å²) in [5.41, 5.74) is 2.03. The van der Waals surface area contributed by atoms with Gasteiger partial charge in [-0.2, -0.15) is 0 Å². The molecule has 0 saturated heterocycles. The average molecular weight is 393 g/mol. The van der Waals surface area contributed by atoms with Crippen LogP contribution in [0.5, 0.6) is 0 Å². The van der Waals surface area contributed by atoms with Gasteiger partial charge in [-0.25, -0.2) is 9.78 Å². The molecule has 0 aliphatic heterocycles. The number of esters is 1. The van der Waals surface area contributed by atoms with E-state index in [9.17, 15) is 14.4 Å². The molecular formula is C22H23N3O4. The highest BCUT2D eigenvalue weighted by Gasteiger charge is 2.07. The van der Waals surface area contributed by atoms with Gasteiger partial charge < -0.3 is 15.0 Å². The lowest BCUT2D eigenvalue weighted by molar-refractivity contribution is -0.121. The molecule has 0 saturated carbocycles. The van der Waals surface area contributed by atoms with Crippen molar-refractivity contribution in [1.82, 2.24) is 15.3 Å². The number of fused-ring (bicyclic) bond motifs is 1. The van der Waals surface area contributed by atoms with Crippen molar-refractivity contribution in [2.24, 2.45) is 0 Å². The zero-order valence-electron chi connectivity index (χ0n) is 16.2. The number of aryl methyl sites for hydroxylation is 1. The van der Waals surface area contributed by atoms with Gasteiger partial charge in [0, 0.05) is 19.4 Å². The quantitative estimate of drug-likeness (QED) is 0.572. The summed E-state index contributed by atoms with van der Waals surface area (Å²) in [4.78, 5) is 42.7. The summed E-state index contributed by atoms with van der Waals surface area (Å²) in [6.45, 7) is 0.515. The summed E-state index contributed by atoms with van der Waals surface area (Å²) in [5.74, 6) is 0.179. The molecule has 0 aliphatic carbocycles. The lowest BCUT2D eigenvalue weighted by Gasteiger charge is -2.06. The Morgan fingerprint density at radius 3 is 2.59 bits per heavy atom. The van der Waals surface area contributed by atoms with Crippen LogP contribution in [0.3, 0.4) is 0 Å². The summed E-state index contributed by atoms with van der Waals surface area (Å²) in [5, 5.41) is 3.45. The van der Waals surface area contributed by atoms with Crippen molar-refractivity contribution < 1.29 is 14.3 Å². The van der Waals surface area contributed by atoms with E-state index in [4.69, 9.17) is 0 Å². The van der Waals surface area contributed by atoms with Crippen molar-refractivity contribution in [2.45, 2.75) is 25.7 Å². The van der Waals surface area contributed by atoms with Gasteiger partial charge in [-0.1, -0.05) is 24.3 Å². The van der Waals surface area contributed by atoms with E-state index >= 15 is 0 Å². The number of nitrogens with one attached hydrogen (secondary N) is 2. The van der Waals surface area contributed by atoms with Gasteiger partial charge in [-0.05, 0) is 42.7 Å². The van der Waals surface area contributed by atoms with Crippen LogP contribution >= 0.6 is 0 Å². The minimum absolute atomic E-state index is 0.0423. The van der Waals surface area contributed by atoms with Gasteiger partial charge in [0.1, 0.15) is 5.82 Å². The topological polar surface area (TPSA) is 101 Å². The van der Waals surface area contributed by atoms with Crippen molar-refractivity contribution in [3.63, 3.8) is 0 Å². The van der Waals surface area contributed by atoms with Gasteiger partial charge in [0.2, 0.25) is 5.91 Å². The van der Waals surface area contributed by atoms with Crippen molar-refractivity contribution in [2.75, 3.05) is 13.7 Å². The fraction of sp³-hybridized carbons (Fsp3) is 0.273. The molecule has 2 N–H and O–H groups in total. The van der Waals surface area contributed by atoms with Crippen LogP contribution in [0.15, 0.2) is 53.3 Å². The van der Waals surface area contributed by atoms with Crippen LogP contribution in [0, 0.1) is 0 Å². The highest BCUT2D eigenvalue weighted by atomic mass is 16.5. The predicted molar refractivity (Wildman–Crippen MR) is 110 cm³/mol. The number of para-hydroxylation sites is 1. The van der Waals surface area contributed by atoms with Crippen LogP contribution in [0.4, 0.5) is 0 Å². The number of benzene rings is 2. The molecule has 0 spiro atoms. The Labute approximate surface area is 168 Å². The first-order valence-corrected chi connectivity index (χ1v) is 9.48. The van der Waals surface area contributed by atoms with E-state index in [0.29, 0.717) is 54.5 Å². The first kappa shape index (κ1) is 20.3. The van der Waals surface area contributed by atoms with E-state index in [0.717, 1.165) is 5.56 Å². The number of carbonyl (C=O) groups excluding carboxylic acids is 2. The molecule has 3 aromatic rings. The Bertz CT molecular complexity index is 1060. The smallest absolute Gasteiger partial charge is 0.337 e. The normalized spacial score (nSPS) is 10.7. The molecule has 0 atom stereocenters. The number of amides is 1. The lowest BCUT2D eigenvalue weighted by Crippen LogP contribution is -2.25. The Balaban J connectivity index is 1.41. The second kappa shape index (κ2) is 9.64. The Morgan fingerprint density at radius 1 is 1.07 bits per heavy atom. The minimum atomic E-state index is -0.368. The second-order valence-corrected chi connectivity index (χ2v) is 6.67. The molecule has 0 bridgehead atoms. The molecule has 7 nitrogen and oxygen atoms in total. The largest absolute Gasteiger partial charge is 0.465 e. The van der Waals surface area contributed by atoms with Crippen molar-refractivity contribution >= 4 is 22.8 Å². The maximum atomic E-state index is 12.0. The van der Waals surface area contributed by atoms with Gasteiger partial charge >= 0.3 is 5.97 Å². The molecule has 0 fully saturated rings. The SMILES string of the molecule is COC(=O)c1ccc(CCNC(=O)CCCc2nc3ccccc3c(=O)[nH]2)cc1. The maximum absolute atomic E-state index is 12.0. The molecule has 0 aliphatic rings. The van der Waals surface area contributed by atoms with E-state index in [2.05, 4.69) is 20.0 Å². The number of nitrogens with zero attached hydrogens (tertiary/aromatic N) is 1. The van der Waals surface area contributed by atoms with E-state index in [1.165, 1.54) is 7.11 Å². The molecule has 150 valence electrons. The number of aromatic amines is 1. The van der Waals surface area contributed by atoms with Crippen LogP contribution in [0.25, 0.3) is 10.9 Å². The number of rotatable bonds is 8. The third-order valence-electron chi connectivity index (χ3n) is 4.59. The first-order chi connectivity index (χ1) is 14.1. The zero-order chi connectivity index (χ0) is 20.6. The molecule has 7 heteroatoms. The number of carbonyl (C=O) groups is 2. The Morgan fingerprint density at radius 2 is 1.83 bits per heavy atom. The van der Waals surface area contributed by atoms with Crippen LogP contribution in [0.1, 0.15) is 34.6 Å².